The molecule has 1 aliphatic rings. The van der Waals surface area contributed by atoms with Crippen LogP contribution in [0.25, 0.3) is 0 Å². The second kappa shape index (κ2) is 7.32. The highest BCUT2D eigenvalue weighted by Gasteiger charge is 2.24. The Kier molecular flexibility index (Phi) is 5.45. The molecule has 0 spiro atoms. The van der Waals surface area contributed by atoms with E-state index >= 15 is 0 Å². The molecule has 0 radical (unpaired) electrons. The molecule has 1 heterocycles. The van der Waals surface area contributed by atoms with Crippen LogP contribution in [0.1, 0.15) is 45.1 Å². The molecule has 1 unspecified atom stereocenters. The van der Waals surface area contributed by atoms with Gasteiger partial charge in [-0.05, 0) is 37.8 Å². The van der Waals surface area contributed by atoms with Crippen LogP contribution < -0.4 is 10.2 Å². The lowest BCUT2D eigenvalue weighted by Crippen LogP contribution is -2.44. The van der Waals surface area contributed by atoms with Crippen molar-refractivity contribution < 1.29 is 4.79 Å². The van der Waals surface area contributed by atoms with Gasteiger partial charge in [0.25, 0.3) is 0 Å². The summed E-state index contributed by atoms with van der Waals surface area (Å²) in [4.78, 5) is 14.3. The van der Waals surface area contributed by atoms with E-state index in [0.717, 1.165) is 25.8 Å². The Morgan fingerprint density at radius 1 is 1.35 bits per heavy atom. The number of nitrogens with zero attached hydrogens (tertiary/aromatic N) is 1. The van der Waals surface area contributed by atoms with E-state index < -0.39 is 0 Å². The van der Waals surface area contributed by atoms with Crippen LogP contribution in [0, 0.1) is 0 Å². The summed E-state index contributed by atoms with van der Waals surface area (Å²) < 4.78 is 0. The highest BCUT2D eigenvalue weighted by Crippen LogP contribution is 2.29. The van der Waals surface area contributed by atoms with Gasteiger partial charge in [0.15, 0.2) is 0 Å². The van der Waals surface area contributed by atoms with Gasteiger partial charge in [-0.25, -0.2) is 0 Å². The molecule has 1 amide bonds. The molecule has 1 aromatic rings. The zero-order valence-electron chi connectivity index (χ0n) is 12.7. The van der Waals surface area contributed by atoms with E-state index in [4.69, 9.17) is 0 Å². The zero-order valence-corrected chi connectivity index (χ0v) is 12.7. The third-order valence-corrected chi connectivity index (χ3v) is 4.08. The van der Waals surface area contributed by atoms with Crippen molar-refractivity contribution in [3.05, 3.63) is 29.8 Å². The molecule has 0 fully saturated rings. The van der Waals surface area contributed by atoms with Crippen LogP contribution >= 0.6 is 0 Å². The number of carbonyl (C=O) groups excluding carboxylic acids is 1. The van der Waals surface area contributed by atoms with E-state index in [2.05, 4.69) is 48.3 Å². The van der Waals surface area contributed by atoms with Crippen molar-refractivity contribution in [3.8, 4) is 0 Å². The molecule has 3 nitrogen and oxygen atoms in total. The first-order chi connectivity index (χ1) is 9.72. The average Bonchev–Trinajstić information content (AvgIpc) is 2.47. The van der Waals surface area contributed by atoms with Crippen molar-refractivity contribution in [2.75, 3.05) is 18.0 Å². The van der Waals surface area contributed by atoms with Gasteiger partial charge in [0.05, 0.1) is 6.54 Å². The van der Waals surface area contributed by atoms with E-state index in [1.165, 1.54) is 24.1 Å². The number of unbranched alkanes of at least 4 members (excludes halogenated alkanes) is 2. The first-order valence-corrected chi connectivity index (χ1v) is 7.83. The minimum Gasteiger partial charge on any atom is -0.359 e. The summed E-state index contributed by atoms with van der Waals surface area (Å²) in [5, 5.41) is 3.04. The zero-order chi connectivity index (χ0) is 14.4. The molecule has 3 heteroatoms. The monoisotopic (exact) mass is 274 g/mol. The number of anilines is 1. The van der Waals surface area contributed by atoms with Gasteiger partial charge in [0.1, 0.15) is 0 Å². The smallest absolute Gasteiger partial charge is 0.239 e. The lowest BCUT2D eigenvalue weighted by molar-refractivity contribution is -0.119. The highest BCUT2D eigenvalue weighted by atomic mass is 16.2. The second-order valence-electron chi connectivity index (χ2n) is 5.70. The number of amides is 1. The van der Waals surface area contributed by atoms with Crippen LogP contribution in [-0.4, -0.2) is 25.0 Å². The molecular formula is C17H26N2O. The van der Waals surface area contributed by atoms with Crippen LogP contribution in [0.4, 0.5) is 5.69 Å². The topological polar surface area (TPSA) is 32.3 Å². The number of rotatable bonds is 6. The predicted molar refractivity (Wildman–Crippen MR) is 84.1 cm³/mol. The number of para-hydroxylation sites is 1. The summed E-state index contributed by atoms with van der Waals surface area (Å²) in [5.41, 5.74) is 2.60. The quantitative estimate of drug-likeness (QED) is 0.808. The van der Waals surface area contributed by atoms with Gasteiger partial charge >= 0.3 is 0 Å². The van der Waals surface area contributed by atoms with Crippen LogP contribution in [-0.2, 0) is 11.2 Å². The summed E-state index contributed by atoms with van der Waals surface area (Å²) in [7, 11) is 0. The Bertz CT molecular complexity index is 444. The van der Waals surface area contributed by atoms with Gasteiger partial charge in [-0.2, -0.15) is 0 Å². The van der Waals surface area contributed by atoms with Gasteiger partial charge in [0.2, 0.25) is 5.91 Å². The lowest BCUT2D eigenvalue weighted by Gasteiger charge is -2.36. The van der Waals surface area contributed by atoms with Crippen LogP contribution in [0.2, 0.25) is 0 Å². The van der Waals surface area contributed by atoms with Crippen LogP contribution in [0.5, 0.6) is 0 Å². The maximum Gasteiger partial charge on any atom is 0.239 e. The fraction of sp³-hybridized carbons (Fsp3) is 0.588. The summed E-state index contributed by atoms with van der Waals surface area (Å²) >= 11 is 0. The highest BCUT2D eigenvalue weighted by molar-refractivity contribution is 5.82. The fourth-order valence-corrected chi connectivity index (χ4v) is 2.81. The van der Waals surface area contributed by atoms with Crippen molar-refractivity contribution in [1.82, 2.24) is 5.32 Å². The van der Waals surface area contributed by atoms with E-state index in [-0.39, 0.29) is 5.91 Å². The van der Waals surface area contributed by atoms with Crippen molar-refractivity contribution >= 4 is 11.6 Å². The second-order valence-corrected chi connectivity index (χ2v) is 5.70. The standard InChI is InChI=1S/C17H26N2O/c1-3-4-7-12-18-17(20)13-19-14(2)10-11-15-8-5-6-9-16(15)19/h5-6,8-9,14H,3-4,7,10-13H2,1-2H3,(H,18,20). The Hall–Kier alpha value is -1.51. The Morgan fingerprint density at radius 3 is 2.95 bits per heavy atom. The molecule has 110 valence electrons. The largest absolute Gasteiger partial charge is 0.359 e. The Balaban J connectivity index is 1.93. The minimum absolute atomic E-state index is 0.143. The van der Waals surface area contributed by atoms with Crippen molar-refractivity contribution in [3.63, 3.8) is 0 Å². The third kappa shape index (κ3) is 3.75. The molecule has 1 aliphatic heterocycles. The first kappa shape index (κ1) is 14.9. The van der Waals surface area contributed by atoms with E-state index in [1.807, 2.05) is 0 Å². The molecule has 0 aliphatic carbocycles. The fourth-order valence-electron chi connectivity index (χ4n) is 2.81. The third-order valence-electron chi connectivity index (χ3n) is 4.08. The molecule has 1 N–H and O–H groups in total. The molecular weight excluding hydrogens is 248 g/mol. The summed E-state index contributed by atoms with van der Waals surface area (Å²) in [5.74, 6) is 0.143. The SMILES string of the molecule is CCCCCNC(=O)CN1c2ccccc2CCC1C. The normalized spacial score (nSPS) is 17.7. The van der Waals surface area contributed by atoms with Crippen LogP contribution in [0.3, 0.4) is 0 Å². The molecule has 1 aromatic carbocycles. The number of carbonyl (C=O) groups is 1. The molecule has 20 heavy (non-hydrogen) atoms. The Morgan fingerprint density at radius 2 is 2.15 bits per heavy atom. The Labute approximate surface area is 122 Å². The van der Waals surface area contributed by atoms with Crippen molar-refractivity contribution in [2.45, 2.75) is 52.0 Å². The minimum atomic E-state index is 0.143. The number of aryl methyl sites for hydroxylation is 1. The maximum absolute atomic E-state index is 12.1. The summed E-state index contributed by atoms with van der Waals surface area (Å²) in [6.45, 7) is 5.66. The molecule has 1 atom stereocenters. The number of hydrogen-bond donors (Lipinski definition) is 1. The molecule has 0 aromatic heterocycles. The van der Waals surface area contributed by atoms with Gasteiger partial charge in [-0.15, -0.1) is 0 Å². The summed E-state index contributed by atoms with van der Waals surface area (Å²) in [6, 6.07) is 8.88. The molecule has 0 saturated heterocycles. The maximum atomic E-state index is 12.1. The van der Waals surface area contributed by atoms with Gasteiger partial charge < -0.3 is 10.2 Å². The molecule has 0 saturated carbocycles. The first-order valence-electron chi connectivity index (χ1n) is 7.83. The van der Waals surface area contributed by atoms with Crippen LogP contribution in [0.15, 0.2) is 24.3 Å². The number of benzene rings is 1. The van der Waals surface area contributed by atoms with Crippen molar-refractivity contribution in [1.29, 1.82) is 0 Å². The lowest BCUT2D eigenvalue weighted by atomic mass is 9.96. The van der Waals surface area contributed by atoms with E-state index in [0.29, 0.717) is 12.6 Å². The van der Waals surface area contributed by atoms with Gasteiger partial charge in [0, 0.05) is 18.3 Å². The number of fused-ring (bicyclic) bond motifs is 1. The van der Waals surface area contributed by atoms with Gasteiger partial charge in [-0.3, -0.25) is 4.79 Å². The number of nitrogens with one attached hydrogen (secondary N) is 1. The summed E-state index contributed by atoms with van der Waals surface area (Å²) in [6.07, 6.45) is 5.69. The average molecular weight is 274 g/mol. The molecule has 0 bridgehead atoms. The number of hydrogen-bond acceptors (Lipinski definition) is 2. The van der Waals surface area contributed by atoms with E-state index in [1.54, 1.807) is 0 Å². The molecule has 2 rings (SSSR count). The predicted octanol–water partition coefficient (Wildman–Crippen LogP) is 3.13. The van der Waals surface area contributed by atoms with E-state index in [9.17, 15) is 4.79 Å². The van der Waals surface area contributed by atoms with Crippen molar-refractivity contribution in [2.24, 2.45) is 0 Å². The van der Waals surface area contributed by atoms with Gasteiger partial charge in [-0.1, -0.05) is 38.0 Å².